The molecule has 0 aliphatic heterocycles. The molecule has 1 aliphatic carbocycles. The highest BCUT2D eigenvalue weighted by atomic mass is 35.5. The Morgan fingerprint density at radius 2 is 2.22 bits per heavy atom. The van der Waals surface area contributed by atoms with Gasteiger partial charge in [-0.25, -0.2) is 0 Å². The van der Waals surface area contributed by atoms with E-state index in [-0.39, 0.29) is 24.4 Å². The highest BCUT2D eigenvalue weighted by Gasteiger charge is 2.25. The topological polar surface area (TPSA) is 68.0 Å². The van der Waals surface area contributed by atoms with Gasteiger partial charge in [0.15, 0.2) is 0 Å². The first-order valence-corrected chi connectivity index (χ1v) is 6.22. The summed E-state index contributed by atoms with van der Waals surface area (Å²) in [5, 5.41) is 3.02. The number of carbonyl (C=O) groups excluding carboxylic acids is 1. The second-order valence-corrected chi connectivity index (χ2v) is 4.60. The van der Waals surface area contributed by atoms with Crippen molar-refractivity contribution >= 4 is 18.3 Å². The van der Waals surface area contributed by atoms with Gasteiger partial charge in [0.25, 0.3) is 5.91 Å². The van der Waals surface area contributed by atoms with Gasteiger partial charge in [-0.3, -0.25) is 9.78 Å². The van der Waals surface area contributed by atoms with Gasteiger partial charge in [0.1, 0.15) is 0 Å². The number of halogens is 1. The first-order chi connectivity index (χ1) is 8.31. The molecule has 1 heterocycles. The lowest BCUT2D eigenvalue weighted by atomic mass is 9.98. The molecule has 1 aromatic heterocycles. The predicted molar refractivity (Wildman–Crippen MR) is 73.8 cm³/mol. The van der Waals surface area contributed by atoms with Crippen LogP contribution < -0.4 is 11.1 Å². The molecule has 0 radical (unpaired) electrons. The maximum Gasteiger partial charge on any atom is 0.253 e. The standard InChI is InChI=1S/C13H19N3O.ClH/c14-8-12(10-4-1-2-5-10)16-13(17)11-6-3-7-15-9-11;/h3,6-7,9-10,12H,1-2,4-5,8,14H2,(H,16,17);1H. The normalized spacial score (nSPS) is 16.9. The molecule has 18 heavy (non-hydrogen) atoms. The molecular formula is C13H20ClN3O. The maximum atomic E-state index is 12.0. The average Bonchev–Trinajstić information content (AvgIpc) is 2.90. The van der Waals surface area contributed by atoms with Crippen molar-refractivity contribution in [3.05, 3.63) is 30.1 Å². The first kappa shape index (κ1) is 14.9. The Morgan fingerprint density at radius 3 is 2.78 bits per heavy atom. The zero-order valence-corrected chi connectivity index (χ0v) is 11.2. The van der Waals surface area contributed by atoms with Crippen LogP contribution in [0, 0.1) is 5.92 Å². The first-order valence-electron chi connectivity index (χ1n) is 6.22. The minimum absolute atomic E-state index is 0. The summed E-state index contributed by atoms with van der Waals surface area (Å²) in [4.78, 5) is 15.9. The van der Waals surface area contributed by atoms with E-state index in [9.17, 15) is 4.79 Å². The summed E-state index contributed by atoms with van der Waals surface area (Å²) in [6.07, 6.45) is 8.10. The van der Waals surface area contributed by atoms with Gasteiger partial charge < -0.3 is 11.1 Å². The Kier molecular flexibility index (Phi) is 6.09. The van der Waals surface area contributed by atoms with Crippen molar-refractivity contribution in [2.24, 2.45) is 11.7 Å². The smallest absolute Gasteiger partial charge is 0.253 e. The number of nitrogens with two attached hydrogens (primary N) is 1. The van der Waals surface area contributed by atoms with E-state index in [1.807, 2.05) is 0 Å². The van der Waals surface area contributed by atoms with Crippen molar-refractivity contribution in [1.82, 2.24) is 10.3 Å². The molecule has 0 aromatic carbocycles. The molecule has 1 unspecified atom stereocenters. The molecule has 100 valence electrons. The SMILES string of the molecule is Cl.NCC(NC(=O)c1cccnc1)C1CCCC1. The molecule has 2 rings (SSSR count). The number of nitrogens with zero attached hydrogens (tertiary/aromatic N) is 1. The number of aromatic nitrogens is 1. The highest BCUT2D eigenvalue weighted by Crippen LogP contribution is 2.27. The Hall–Kier alpha value is -1.13. The summed E-state index contributed by atoms with van der Waals surface area (Å²) >= 11 is 0. The van der Waals surface area contributed by atoms with Crippen LogP contribution in [0.25, 0.3) is 0 Å². The quantitative estimate of drug-likeness (QED) is 0.875. The molecule has 5 heteroatoms. The number of carbonyl (C=O) groups is 1. The fourth-order valence-electron chi connectivity index (χ4n) is 2.48. The lowest BCUT2D eigenvalue weighted by molar-refractivity contribution is 0.0924. The fourth-order valence-corrected chi connectivity index (χ4v) is 2.48. The van der Waals surface area contributed by atoms with E-state index in [2.05, 4.69) is 10.3 Å². The largest absolute Gasteiger partial charge is 0.348 e. The molecule has 1 amide bonds. The third kappa shape index (κ3) is 3.68. The second kappa shape index (κ2) is 7.34. The highest BCUT2D eigenvalue weighted by molar-refractivity contribution is 5.94. The van der Waals surface area contributed by atoms with Gasteiger partial charge >= 0.3 is 0 Å². The molecular weight excluding hydrogens is 250 g/mol. The van der Waals surface area contributed by atoms with Gasteiger partial charge in [0.2, 0.25) is 0 Å². The second-order valence-electron chi connectivity index (χ2n) is 4.60. The monoisotopic (exact) mass is 269 g/mol. The maximum absolute atomic E-state index is 12.0. The molecule has 1 atom stereocenters. The number of pyridine rings is 1. The molecule has 1 saturated carbocycles. The summed E-state index contributed by atoms with van der Waals surface area (Å²) in [6.45, 7) is 0.511. The van der Waals surface area contributed by atoms with Gasteiger partial charge in [0, 0.05) is 25.0 Å². The molecule has 1 aromatic rings. The van der Waals surface area contributed by atoms with Crippen LogP contribution in [-0.4, -0.2) is 23.5 Å². The Labute approximate surface area is 114 Å². The van der Waals surface area contributed by atoms with Crippen LogP contribution in [0.3, 0.4) is 0 Å². The lowest BCUT2D eigenvalue weighted by Gasteiger charge is -2.23. The van der Waals surface area contributed by atoms with E-state index in [1.54, 1.807) is 24.5 Å². The van der Waals surface area contributed by atoms with Gasteiger partial charge in [-0.05, 0) is 30.9 Å². The molecule has 4 nitrogen and oxygen atoms in total. The Morgan fingerprint density at radius 1 is 1.50 bits per heavy atom. The molecule has 1 aliphatic rings. The van der Waals surface area contributed by atoms with E-state index in [4.69, 9.17) is 5.73 Å². The molecule has 1 fully saturated rings. The van der Waals surface area contributed by atoms with E-state index >= 15 is 0 Å². The van der Waals surface area contributed by atoms with Crippen LogP contribution in [0.4, 0.5) is 0 Å². The number of amides is 1. The lowest BCUT2D eigenvalue weighted by Crippen LogP contribution is -2.44. The number of hydrogen-bond donors (Lipinski definition) is 2. The van der Waals surface area contributed by atoms with Crippen LogP contribution >= 0.6 is 12.4 Å². The van der Waals surface area contributed by atoms with E-state index in [1.165, 1.54) is 25.7 Å². The van der Waals surface area contributed by atoms with Crippen LogP contribution in [0.1, 0.15) is 36.0 Å². The van der Waals surface area contributed by atoms with Crippen LogP contribution in [0.5, 0.6) is 0 Å². The van der Waals surface area contributed by atoms with E-state index < -0.39 is 0 Å². The fraction of sp³-hybridized carbons (Fsp3) is 0.538. The summed E-state index contributed by atoms with van der Waals surface area (Å²) in [5.74, 6) is 0.473. The van der Waals surface area contributed by atoms with Crippen LogP contribution in [-0.2, 0) is 0 Å². The van der Waals surface area contributed by atoms with E-state index in [0.29, 0.717) is 18.0 Å². The van der Waals surface area contributed by atoms with Crippen molar-refractivity contribution in [3.63, 3.8) is 0 Å². The minimum Gasteiger partial charge on any atom is -0.348 e. The van der Waals surface area contributed by atoms with Gasteiger partial charge in [-0.1, -0.05) is 12.8 Å². The molecule has 0 saturated heterocycles. The minimum atomic E-state index is -0.0690. The summed E-state index contributed by atoms with van der Waals surface area (Å²) in [6, 6.07) is 3.64. The van der Waals surface area contributed by atoms with E-state index in [0.717, 1.165) is 0 Å². The zero-order valence-electron chi connectivity index (χ0n) is 10.3. The predicted octanol–water partition coefficient (Wildman–Crippen LogP) is 1.75. The third-order valence-electron chi connectivity index (χ3n) is 3.46. The van der Waals surface area contributed by atoms with Crippen molar-refractivity contribution in [1.29, 1.82) is 0 Å². The van der Waals surface area contributed by atoms with Gasteiger partial charge in [0.05, 0.1) is 5.56 Å². The Bertz CT molecular complexity index is 366. The van der Waals surface area contributed by atoms with Gasteiger partial charge in [-0.15, -0.1) is 12.4 Å². The van der Waals surface area contributed by atoms with Crippen molar-refractivity contribution in [3.8, 4) is 0 Å². The van der Waals surface area contributed by atoms with Crippen molar-refractivity contribution in [2.45, 2.75) is 31.7 Å². The van der Waals surface area contributed by atoms with Crippen LogP contribution in [0.15, 0.2) is 24.5 Å². The average molecular weight is 270 g/mol. The number of rotatable bonds is 4. The third-order valence-corrected chi connectivity index (χ3v) is 3.46. The Balaban J connectivity index is 0.00000162. The molecule has 3 N–H and O–H groups in total. The number of nitrogens with one attached hydrogen (secondary N) is 1. The molecule has 0 bridgehead atoms. The van der Waals surface area contributed by atoms with Crippen molar-refractivity contribution in [2.75, 3.05) is 6.54 Å². The summed E-state index contributed by atoms with van der Waals surface area (Å²) in [5.41, 5.74) is 6.35. The van der Waals surface area contributed by atoms with Gasteiger partial charge in [-0.2, -0.15) is 0 Å². The zero-order chi connectivity index (χ0) is 12.1. The number of hydrogen-bond acceptors (Lipinski definition) is 3. The molecule has 0 spiro atoms. The summed E-state index contributed by atoms with van der Waals surface area (Å²) < 4.78 is 0. The van der Waals surface area contributed by atoms with Crippen molar-refractivity contribution < 1.29 is 4.79 Å². The summed E-state index contributed by atoms with van der Waals surface area (Å²) in [7, 11) is 0. The van der Waals surface area contributed by atoms with Crippen LogP contribution in [0.2, 0.25) is 0 Å².